The second-order valence-corrected chi connectivity index (χ2v) is 6.33. The summed E-state index contributed by atoms with van der Waals surface area (Å²) in [5.41, 5.74) is 0. The summed E-state index contributed by atoms with van der Waals surface area (Å²) in [6, 6.07) is 7.48. The van der Waals surface area contributed by atoms with E-state index in [9.17, 15) is 9.59 Å². The van der Waals surface area contributed by atoms with E-state index in [0.29, 0.717) is 12.3 Å². The largest absolute Gasteiger partial charge is 0.481 e. The van der Waals surface area contributed by atoms with Crippen LogP contribution in [0.25, 0.3) is 0 Å². The molecule has 0 spiro atoms. The van der Waals surface area contributed by atoms with E-state index in [1.165, 1.54) is 4.90 Å². The summed E-state index contributed by atoms with van der Waals surface area (Å²) >= 11 is 1.63. The lowest BCUT2D eigenvalue weighted by atomic mass is 10.2. The van der Waals surface area contributed by atoms with E-state index < -0.39 is 18.2 Å². The van der Waals surface area contributed by atoms with Crippen LogP contribution in [0, 0.1) is 0 Å². The number of aliphatic carboxylic acids is 1. The van der Waals surface area contributed by atoms with Crippen molar-refractivity contribution in [2.45, 2.75) is 37.1 Å². The number of carboxylic acids is 1. The molecular weight excluding hydrogens is 318 g/mol. The minimum absolute atomic E-state index is 0.0393. The highest BCUT2D eigenvalue weighted by Crippen LogP contribution is 2.21. The SMILES string of the molecule is CSc1ccc(OC(C)C(=O)N2CC(C(=O)O)O[C@H](C)C2)cc1. The molecule has 1 aromatic rings. The van der Waals surface area contributed by atoms with Gasteiger partial charge in [-0.2, -0.15) is 0 Å². The lowest BCUT2D eigenvalue weighted by molar-refractivity contribution is -0.168. The number of morpholine rings is 1. The van der Waals surface area contributed by atoms with Crippen molar-refractivity contribution in [3.8, 4) is 5.75 Å². The molecule has 1 saturated heterocycles. The number of ether oxygens (including phenoxy) is 2. The Bertz CT molecular complexity index is 562. The van der Waals surface area contributed by atoms with E-state index in [1.54, 1.807) is 25.6 Å². The number of hydrogen-bond acceptors (Lipinski definition) is 5. The zero-order valence-corrected chi connectivity index (χ0v) is 14.2. The average Bonchev–Trinajstić information content (AvgIpc) is 2.54. The van der Waals surface area contributed by atoms with E-state index in [1.807, 2.05) is 30.5 Å². The minimum Gasteiger partial charge on any atom is -0.481 e. The molecule has 1 heterocycles. The van der Waals surface area contributed by atoms with Gasteiger partial charge in [-0.25, -0.2) is 4.79 Å². The summed E-state index contributed by atoms with van der Waals surface area (Å²) in [4.78, 5) is 26.2. The summed E-state index contributed by atoms with van der Waals surface area (Å²) in [7, 11) is 0. The van der Waals surface area contributed by atoms with Gasteiger partial charge >= 0.3 is 5.97 Å². The van der Waals surface area contributed by atoms with Gasteiger partial charge < -0.3 is 19.5 Å². The van der Waals surface area contributed by atoms with Crippen LogP contribution >= 0.6 is 11.8 Å². The van der Waals surface area contributed by atoms with E-state index in [0.717, 1.165) is 4.90 Å². The van der Waals surface area contributed by atoms with Crippen molar-refractivity contribution >= 4 is 23.6 Å². The maximum absolute atomic E-state index is 12.5. The molecule has 0 bridgehead atoms. The van der Waals surface area contributed by atoms with Crippen LogP contribution in [0.1, 0.15) is 13.8 Å². The van der Waals surface area contributed by atoms with Crippen molar-refractivity contribution in [3.63, 3.8) is 0 Å². The molecule has 1 fully saturated rings. The highest BCUT2D eigenvalue weighted by atomic mass is 32.2. The molecule has 0 radical (unpaired) electrons. The van der Waals surface area contributed by atoms with Gasteiger partial charge in [0.25, 0.3) is 5.91 Å². The fourth-order valence-electron chi connectivity index (χ4n) is 2.43. The molecule has 2 unspecified atom stereocenters. The molecule has 1 aromatic carbocycles. The van der Waals surface area contributed by atoms with Crippen molar-refractivity contribution in [1.29, 1.82) is 0 Å². The van der Waals surface area contributed by atoms with Gasteiger partial charge in [-0.15, -0.1) is 11.8 Å². The van der Waals surface area contributed by atoms with Gasteiger partial charge in [0.1, 0.15) is 5.75 Å². The molecule has 6 nitrogen and oxygen atoms in total. The number of carbonyl (C=O) groups excluding carboxylic acids is 1. The molecule has 0 aromatic heterocycles. The van der Waals surface area contributed by atoms with Crippen LogP contribution in [0.15, 0.2) is 29.2 Å². The van der Waals surface area contributed by atoms with Crippen LogP contribution < -0.4 is 4.74 Å². The maximum atomic E-state index is 12.5. The normalized spacial score (nSPS) is 22.5. The monoisotopic (exact) mass is 339 g/mol. The molecule has 7 heteroatoms. The van der Waals surface area contributed by atoms with Gasteiger partial charge in [-0.3, -0.25) is 4.79 Å². The number of nitrogens with zero attached hydrogens (tertiary/aromatic N) is 1. The van der Waals surface area contributed by atoms with Crippen molar-refractivity contribution in [1.82, 2.24) is 4.90 Å². The first-order chi connectivity index (χ1) is 10.9. The van der Waals surface area contributed by atoms with Crippen molar-refractivity contribution < 1.29 is 24.2 Å². The number of rotatable bonds is 5. The molecule has 1 aliphatic rings. The van der Waals surface area contributed by atoms with Gasteiger partial charge in [-0.05, 0) is 44.4 Å². The number of benzene rings is 1. The number of amides is 1. The van der Waals surface area contributed by atoms with E-state index in [4.69, 9.17) is 14.6 Å². The minimum atomic E-state index is -1.06. The molecule has 1 amide bonds. The van der Waals surface area contributed by atoms with Gasteiger partial charge in [0.05, 0.1) is 12.6 Å². The van der Waals surface area contributed by atoms with E-state index in [2.05, 4.69) is 0 Å². The van der Waals surface area contributed by atoms with Crippen LogP contribution in [0.3, 0.4) is 0 Å². The Morgan fingerprint density at radius 2 is 2.00 bits per heavy atom. The summed E-state index contributed by atoms with van der Waals surface area (Å²) in [6.07, 6.45) is -0.00647. The molecule has 1 N–H and O–H groups in total. The average molecular weight is 339 g/mol. The number of carbonyl (C=O) groups is 2. The molecule has 1 aliphatic heterocycles. The predicted molar refractivity (Wildman–Crippen MR) is 86.9 cm³/mol. The first kappa shape index (κ1) is 17.6. The smallest absolute Gasteiger partial charge is 0.334 e. The summed E-state index contributed by atoms with van der Waals surface area (Å²) in [6.45, 7) is 3.82. The van der Waals surface area contributed by atoms with Crippen molar-refractivity contribution in [3.05, 3.63) is 24.3 Å². The fraction of sp³-hybridized carbons (Fsp3) is 0.500. The van der Waals surface area contributed by atoms with E-state index in [-0.39, 0.29) is 18.6 Å². The fourth-order valence-corrected chi connectivity index (χ4v) is 2.84. The number of hydrogen-bond donors (Lipinski definition) is 1. The van der Waals surface area contributed by atoms with Crippen molar-refractivity contribution in [2.75, 3.05) is 19.3 Å². The highest BCUT2D eigenvalue weighted by molar-refractivity contribution is 7.98. The second kappa shape index (κ2) is 7.70. The first-order valence-corrected chi connectivity index (χ1v) is 8.61. The molecule has 0 saturated carbocycles. The number of carboxylic acid groups (broad SMARTS) is 1. The van der Waals surface area contributed by atoms with Crippen LogP contribution in [0.4, 0.5) is 0 Å². The Hall–Kier alpha value is -1.73. The zero-order chi connectivity index (χ0) is 17.0. The molecule has 23 heavy (non-hydrogen) atoms. The Morgan fingerprint density at radius 1 is 1.35 bits per heavy atom. The summed E-state index contributed by atoms with van der Waals surface area (Å²) in [5, 5.41) is 9.08. The maximum Gasteiger partial charge on any atom is 0.334 e. The summed E-state index contributed by atoms with van der Waals surface area (Å²) < 4.78 is 11.0. The van der Waals surface area contributed by atoms with Gasteiger partial charge in [0.15, 0.2) is 12.2 Å². The molecule has 2 rings (SSSR count). The predicted octanol–water partition coefficient (Wildman–Crippen LogP) is 1.88. The zero-order valence-electron chi connectivity index (χ0n) is 13.4. The topological polar surface area (TPSA) is 76.1 Å². The van der Waals surface area contributed by atoms with Crippen molar-refractivity contribution in [2.24, 2.45) is 0 Å². The summed E-state index contributed by atoms with van der Waals surface area (Å²) in [5.74, 6) is -0.685. The standard InChI is InChI=1S/C16H21NO5S/c1-10-8-17(9-14(21-10)16(19)20)15(18)11(2)22-12-4-6-13(23-3)7-5-12/h4-7,10-11,14H,8-9H2,1-3H3,(H,19,20)/t10-,11?,14?/m1/s1. The van der Waals surface area contributed by atoms with Crippen LogP contribution in [-0.4, -0.2) is 59.5 Å². The first-order valence-electron chi connectivity index (χ1n) is 7.38. The highest BCUT2D eigenvalue weighted by Gasteiger charge is 2.34. The Labute approximate surface area is 139 Å². The van der Waals surface area contributed by atoms with Gasteiger partial charge in [0, 0.05) is 11.4 Å². The Balaban J connectivity index is 1.98. The van der Waals surface area contributed by atoms with Crippen LogP contribution in [0.5, 0.6) is 5.75 Å². The Kier molecular flexibility index (Phi) is 5.90. The third kappa shape index (κ3) is 4.62. The second-order valence-electron chi connectivity index (χ2n) is 5.45. The lowest BCUT2D eigenvalue weighted by Crippen LogP contribution is -2.54. The molecule has 126 valence electrons. The third-order valence-corrected chi connectivity index (χ3v) is 4.31. The molecule has 3 atom stereocenters. The lowest BCUT2D eigenvalue weighted by Gasteiger charge is -2.36. The van der Waals surface area contributed by atoms with Crippen LogP contribution in [-0.2, 0) is 14.3 Å². The van der Waals surface area contributed by atoms with Gasteiger partial charge in [-0.1, -0.05) is 0 Å². The molecule has 0 aliphatic carbocycles. The van der Waals surface area contributed by atoms with Crippen LogP contribution in [0.2, 0.25) is 0 Å². The Morgan fingerprint density at radius 3 is 2.57 bits per heavy atom. The number of thioether (sulfide) groups is 1. The van der Waals surface area contributed by atoms with Gasteiger partial charge in [0.2, 0.25) is 0 Å². The molecular formula is C16H21NO5S. The quantitative estimate of drug-likeness (QED) is 0.826. The van der Waals surface area contributed by atoms with E-state index >= 15 is 0 Å². The third-order valence-electron chi connectivity index (χ3n) is 3.57.